The van der Waals surface area contributed by atoms with Gasteiger partial charge >= 0.3 is 6.18 Å². The second-order valence-electron chi connectivity index (χ2n) is 4.61. The summed E-state index contributed by atoms with van der Waals surface area (Å²) in [5.74, 6) is 0.110. The topological polar surface area (TPSA) is 90.9 Å². The Morgan fingerprint density at radius 2 is 1.95 bits per heavy atom. The van der Waals surface area contributed by atoms with Crippen LogP contribution in [0.4, 0.5) is 18.3 Å². The number of amidine groups is 1. The molecular formula is C10H15F3N6OS. The van der Waals surface area contributed by atoms with E-state index in [0.717, 1.165) is 0 Å². The van der Waals surface area contributed by atoms with Crippen molar-refractivity contribution < 1.29 is 18.4 Å². The molecule has 1 aromatic heterocycles. The average molecular weight is 324 g/mol. The molecule has 1 saturated heterocycles. The van der Waals surface area contributed by atoms with Gasteiger partial charge in [-0.15, -0.1) is 10.2 Å². The van der Waals surface area contributed by atoms with E-state index in [4.69, 9.17) is 10.9 Å². The smallest absolute Gasteiger partial charge is 0.409 e. The van der Waals surface area contributed by atoms with Crippen molar-refractivity contribution >= 4 is 22.3 Å². The van der Waals surface area contributed by atoms with Gasteiger partial charge in [-0.05, 0) is 6.92 Å². The number of hydrogen-bond acceptors (Lipinski definition) is 7. The fourth-order valence-corrected chi connectivity index (χ4v) is 2.79. The van der Waals surface area contributed by atoms with Crippen molar-refractivity contribution in [2.24, 2.45) is 10.9 Å². The Labute approximate surface area is 122 Å². The van der Waals surface area contributed by atoms with Crippen LogP contribution in [0.2, 0.25) is 0 Å². The highest BCUT2D eigenvalue weighted by atomic mass is 32.1. The summed E-state index contributed by atoms with van der Waals surface area (Å²) in [5, 5.41) is 17.7. The SMILES string of the molecule is CC(C(N)=NO)N1CCN(c2nnc(C(F)(F)F)s2)CC1. The number of rotatable bonds is 3. The normalized spacial score (nSPS) is 19.8. The van der Waals surface area contributed by atoms with E-state index in [1.54, 1.807) is 11.8 Å². The van der Waals surface area contributed by atoms with Crippen LogP contribution in [0, 0.1) is 0 Å². The molecule has 0 radical (unpaired) electrons. The van der Waals surface area contributed by atoms with Crippen LogP contribution < -0.4 is 10.6 Å². The van der Waals surface area contributed by atoms with Crippen LogP contribution in [0.25, 0.3) is 0 Å². The van der Waals surface area contributed by atoms with E-state index >= 15 is 0 Å². The summed E-state index contributed by atoms with van der Waals surface area (Å²) in [6.45, 7) is 3.99. The summed E-state index contributed by atoms with van der Waals surface area (Å²) < 4.78 is 37.5. The number of aromatic nitrogens is 2. The first-order valence-electron chi connectivity index (χ1n) is 6.20. The van der Waals surface area contributed by atoms with E-state index in [-0.39, 0.29) is 17.0 Å². The zero-order valence-electron chi connectivity index (χ0n) is 11.2. The Kier molecular flexibility index (Phi) is 4.52. The van der Waals surface area contributed by atoms with Crippen molar-refractivity contribution in [3.63, 3.8) is 0 Å². The lowest BCUT2D eigenvalue weighted by Crippen LogP contribution is -2.53. The molecule has 2 heterocycles. The molecule has 0 aliphatic carbocycles. The summed E-state index contributed by atoms with van der Waals surface area (Å²) in [6, 6.07) is -0.225. The minimum atomic E-state index is -4.46. The molecule has 3 N–H and O–H groups in total. The monoisotopic (exact) mass is 324 g/mol. The quantitative estimate of drug-likeness (QED) is 0.370. The lowest BCUT2D eigenvalue weighted by Gasteiger charge is -2.37. The number of oxime groups is 1. The zero-order chi connectivity index (χ0) is 15.6. The first-order valence-corrected chi connectivity index (χ1v) is 7.01. The van der Waals surface area contributed by atoms with Gasteiger partial charge in [0.05, 0.1) is 6.04 Å². The molecule has 21 heavy (non-hydrogen) atoms. The molecule has 1 aliphatic rings. The van der Waals surface area contributed by atoms with Crippen molar-refractivity contribution in [3.05, 3.63) is 5.01 Å². The third-order valence-corrected chi connectivity index (χ3v) is 4.36. The van der Waals surface area contributed by atoms with Crippen LogP contribution in [-0.4, -0.2) is 58.4 Å². The van der Waals surface area contributed by atoms with Crippen molar-refractivity contribution in [1.82, 2.24) is 15.1 Å². The van der Waals surface area contributed by atoms with E-state index in [1.807, 2.05) is 4.90 Å². The molecule has 0 spiro atoms. The van der Waals surface area contributed by atoms with Crippen LogP contribution in [0.1, 0.15) is 11.9 Å². The molecule has 0 aromatic carbocycles. The van der Waals surface area contributed by atoms with Crippen LogP contribution in [0.5, 0.6) is 0 Å². The fraction of sp³-hybridized carbons (Fsp3) is 0.700. The number of nitrogens with zero attached hydrogens (tertiary/aromatic N) is 5. The van der Waals surface area contributed by atoms with Gasteiger partial charge < -0.3 is 15.8 Å². The third-order valence-electron chi connectivity index (χ3n) is 3.33. The Morgan fingerprint density at radius 1 is 1.33 bits per heavy atom. The maximum Gasteiger partial charge on any atom is 0.445 e. The Balaban J connectivity index is 1.97. The predicted molar refractivity (Wildman–Crippen MR) is 71.6 cm³/mol. The Morgan fingerprint density at radius 3 is 2.43 bits per heavy atom. The maximum absolute atomic E-state index is 12.5. The summed E-state index contributed by atoms with van der Waals surface area (Å²) >= 11 is 0.539. The predicted octanol–water partition coefficient (Wildman–Crippen LogP) is 0.814. The fourth-order valence-electron chi connectivity index (χ4n) is 2.03. The molecule has 1 aromatic rings. The van der Waals surface area contributed by atoms with Gasteiger partial charge in [-0.25, -0.2) is 0 Å². The van der Waals surface area contributed by atoms with Crippen molar-refractivity contribution in [1.29, 1.82) is 0 Å². The van der Waals surface area contributed by atoms with Gasteiger partial charge in [-0.3, -0.25) is 4.90 Å². The first kappa shape index (κ1) is 15.8. The molecule has 2 rings (SSSR count). The van der Waals surface area contributed by atoms with Gasteiger partial charge in [0, 0.05) is 26.2 Å². The summed E-state index contributed by atoms with van der Waals surface area (Å²) in [4.78, 5) is 3.74. The molecule has 1 fully saturated rings. The average Bonchev–Trinajstić information content (AvgIpc) is 2.95. The molecule has 118 valence electrons. The van der Waals surface area contributed by atoms with E-state index in [0.29, 0.717) is 37.5 Å². The highest BCUT2D eigenvalue weighted by molar-refractivity contribution is 7.15. The van der Waals surface area contributed by atoms with Crippen LogP contribution in [-0.2, 0) is 6.18 Å². The summed E-state index contributed by atoms with van der Waals surface area (Å²) in [5.41, 5.74) is 5.54. The van der Waals surface area contributed by atoms with Gasteiger partial charge in [0.1, 0.15) is 0 Å². The number of alkyl halides is 3. The van der Waals surface area contributed by atoms with Crippen molar-refractivity contribution in [2.75, 3.05) is 31.1 Å². The molecular weight excluding hydrogens is 309 g/mol. The number of hydrogen-bond donors (Lipinski definition) is 2. The van der Waals surface area contributed by atoms with E-state index < -0.39 is 11.2 Å². The first-order chi connectivity index (χ1) is 9.82. The third kappa shape index (κ3) is 3.53. The molecule has 0 bridgehead atoms. The zero-order valence-corrected chi connectivity index (χ0v) is 12.0. The molecule has 11 heteroatoms. The van der Waals surface area contributed by atoms with Crippen LogP contribution in [0.3, 0.4) is 0 Å². The largest absolute Gasteiger partial charge is 0.445 e. The Hall–Kier alpha value is -1.62. The van der Waals surface area contributed by atoms with Gasteiger partial charge in [0.2, 0.25) is 10.1 Å². The van der Waals surface area contributed by atoms with E-state index in [9.17, 15) is 13.2 Å². The van der Waals surface area contributed by atoms with Gasteiger partial charge in [0.25, 0.3) is 0 Å². The maximum atomic E-state index is 12.5. The van der Waals surface area contributed by atoms with E-state index in [1.165, 1.54) is 0 Å². The van der Waals surface area contributed by atoms with Crippen molar-refractivity contribution in [3.8, 4) is 0 Å². The van der Waals surface area contributed by atoms with Gasteiger partial charge in [0.15, 0.2) is 5.84 Å². The molecule has 0 amide bonds. The van der Waals surface area contributed by atoms with Crippen molar-refractivity contribution in [2.45, 2.75) is 19.1 Å². The van der Waals surface area contributed by atoms with E-state index in [2.05, 4.69) is 15.4 Å². The highest BCUT2D eigenvalue weighted by Gasteiger charge is 2.36. The minimum absolute atomic E-state index is 0.110. The van der Waals surface area contributed by atoms with Gasteiger partial charge in [-0.2, -0.15) is 13.2 Å². The Bertz CT molecular complexity index is 511. The lowest BCUT2D eigenvalue weighted by molar-refractivity contribution is -0.138. The molecule has 1 atom stereocenters. The highest BCUT2D eigenvalue weighted by Crippen LogP contribution is 2.34. The molecule has 1 aliphatic heterocycles. The van der Waals surface area contributed by atoms with Crippen LogP contribution in [0.15, 0.2) is 5.16 Å². The minimum Gasteiger partial charge on any atom is -0.409 e. The number of nitrogens with two attached hydrogens (primary N) is 1. The number of piperazine rings is 1. The molecule has 0 saturated carbocycles. The second-order valence-corrected chi connectivity index (χ2v) is 5.57. The molecule has 1 unspecified atom stereocenters. The summed E-state index contributed by atoms with van der Waals surface area (Å²) in [6.07, 6.45) is -4.46. The second kappa shape index (κ2) is 6.02. The van der Waals surface area contributed by atoms with Gasteiger partial charge in [-0.1, -0.05) is 16.5 Å². The standard InChI is InChI=1S/C10H15F3N6OS/c1-6(7(14)17-20)18-2-4-19(5-3-18)9-16-15-8(21-9)10(11,12)13/h6,20H,2-5H2,1H3,(H2,14,17). The summed E-state index contributed by atoms with van der Waals surface area (Å²) in [7, 11) is 0. The number of halogens is 3. The molecule has 7 nitrogen and oxygen atoms in total. The van der Waals surface area contributed by atoms with Crippen LogP contribution >= 0.6 is 11.3 Å². The lowest BCUT2D eigenvalue weighted by atomic mass is 10.2. The number of anilines is 1.